The number of carbonyl (C=O) groups is 1. The fraction of sp³-hybridized carbons (Fsp3) is 0.0741. The fourth-order valence-electron chi connectivity index (χ4n) is 3.96. The van der Waals surface area contributed by atoms with E-state index in [1.165, 1.54) is 48.5 Å². The highest BCUT2D eigenvalue weighted by Crippen LogP contribution is 2.37. The normalized spacial score (nSPS) is 15.1. The summed E-state index contributed by atoms with van der Waals surface area (Å²) >= 11 is 5.92. The van der Waals surface area contributed by atoms with Crippen LogP contribution in [0.1, 0.15) is 0 Å². The number of carbonyl (C=O) groups excluding carboxylic acids is 1. The van der Waals surface area contributed by atoms with E-state index in [1.807, 2.05) is 0 Å². The van der Waals surface area contributed by atoms with Crippen LogP contribution in [0, 0.1) is 0 Å². The first-order chi connectivity index (χ1) is 18.6. The van der Waals surface area contributed by atoms with E-state index in [0.29, 0.717) is 22.1 Å². The van der Waals surface area contributed by atoms with Crippen molar-refractivity contribution in [1.82, 2.24) is 0 Å². The van der Waals surface area contributed by atoms with Crippen molar-refractivity contribution in [3.05, 3.63) is 108 Å². The summed E-state index contributed by atoms with van der Waals surface area (Å²) in [6.45, 7) is -0.277. The quantitative estimate of drug-likeness (QED) is 0.324. The van der Waals surface area contributed by atoms with Gasteiger partial charge < -0.3 is 10.1 Å². The summed E-state index contributed by atoms with van der Waals surface area (Å²) in [7, 11) is -7.87. The molecule has 0 radical (unpaired) electrons. The van der Waals surface area contributed by atoms with Gasteiger partial charge >= 0.3 is 0 Å². The van der Waals surface area contributed by atoms with Gasteiger partial charge in [0.05, 0.1) is 22.0 Å². The monoisotopic (exact) mass is 583 g/mol. The topological polar surface area (TPSA) is 122 Å². The molecule has 12 heteroatoms. The van der Waals surface area contributed by atoms with Crippen molar-refractivity contribution >= 4 is 54.6 Å². The Morgan fingerprint density at radius 2 is 1.38 bits per heavy atom. The molecule has 1 unspecified atom stereocenters. The van der Waals surface area contributed by atoms with Crippen molar-refractivity contribution in [3.63, 3.8) is 0 Å². The fourth-order valence-corrected chi connectivity index (χ4v) is 6.62. The van der Waals surface area contributed by atoms with Gasteiger partial charge in [-0.15, -0.1) is 0 Å². The van der Waals surface area contributed by atoms with E-state index in [4.69, 9.17) is 16.3 Å². The highest BCUT2D eigenvalue weighted by molar-refractivity contribution is 7.93. The molecule has 1 atom stereocenters. The summed E-state index contributed by atoms with van der Waals surface area (Å²) in [6, 6.07) is 26.3. The van der Waals surface area contributed by atoms with Crippen LogP contribution < -0.4 is 19.1 Å². The van der Waals surface area contributed by atoms with Gasteiger partial charge in [0.25, 0.3) is 26.0 Å². The molecular formula is C27H22ClN3O6S2. The van der Waals surface area contributed by atoms with Crippen LogP contribution in [0.2, 0.25) is 5.02 Å². The molecule has 5 rings (SSSR count). The molecule has 0 saturated carbocycles. The summed E-state index contributed by atoms with van der Waals surface area (Å²) in [5.74, 6) is -0.367. The van der Waals surface area contributed by atoms with Gasteiger partial charge in [-0.1, -0.05) is 41.9 Å². The maximum atomic E-state index is 13.5. The number of ether oxygens (including phenoxy) is 1. The average Bonchev–Trinajstić information content (AvgIpc) is 2.93. The zero-order chi connectivity index (χ0) is 27.6. The lowest BCUT2D eigenvalue weighted by Gasteiger charge is -2.34. The van der Waals surface area contributed by atoms with Gasteiger partial charge in [0, 0.05) is 16.4 Å². The summed E-state index contributed by atoms with van der Waals surface area (Å²) < 4.78 is 61.8. The second-order valence-electron chi connectivity index (χ2n) is 8.55. The average molecular weight is 584 g/mol. The van der Waals surface area contributed by atoms with Crippen molar-refractivity contribution in [3.8, 4) is 5.75 Å². The number of nitrogens with one attached hydrogen (secondary N) is 2. The third-order valence-corrected chi connectivity index (χ3v) is 9.33. The van der Waals surface area contributed by atoms with E-state index in [9.17, 15) is 21.6 Å². The van der Waals surface area contributed by atoms with Crippen molar-refractivity contribution < 1.29 is 26.4 Å². The number of nitrogens with zero attached hydrogens (tertiary/aromatic N) is 1. The smallest absolute Gasteiger partial charge is 0.267 e. The number of halogens is 1. The highest BCUT2D eigenvalue weighted by atomic mass is 35.5. The lowest BCUT2D eigenvalue weighted by Crippen LogP contribution is -2.48. The van der Waals surface area contributed by atoms with E-state index >= 15 is 0 Å². The van der Waals surface area contributed by atoms with Crippen molar-refractivity contribution in [2.24, 2.45) is 0 Å². The van der Waals surface area contributed by atoms with E-state index < -0.39 is 32.1 Å². The Morgan fingerprint density at radius 3 is 2.08 bits per heavy atom. The van der Waals surface area contributed by atoms with Gasteiger partial charge in [0.1, 0.15) is 5.75 Å². The Labute approximate surface area is 231 Å². The van der Waals surface area contributed by atoms with E-state index in [2.05, 4.69) is 10.0 Å². The van der Waals surface area contributed by atoms with Gasteiger partial charge in [-0.3, -0.25) is 13.8 Å². The van der Waals surface area contributed by atoms with Crippen LogP contribution in [0.15, 0.2) is 113 Å². The molecular weight excluding hydrogens is 562 g/mol. The minimum atomic E-state index is -4.04. The second kappa shape index (κ2) is 10.6. The van der Waals surface area contributed by atoms with Crippen LogP contribution in [0.3, 0.4) is 0 Å². The lowest BCUT2D eigenvalue weighted by atomic mass is 10.2. The van der Waals surface area contributed by atoms with Crippen LogP contribution in [0.4, 0.5) is 17.1 Å². The first kappa shape index (κ1) is 26.5. The van der Waals surface area contributed by atoms with Gasteiger partial charge in [-0.05, 0) is 72.8 Å². The molecule has 0 saturated heterocycles. The van der Waals surface area contributed by atoms with Crippen LogP contribution >= 0.6 is 11.6 Å². The first-order valence-corrected chi connectivity index (χ1v) is 15.0. The van der Waals surface area contributed by atoms with Crippen molar-refractivity contribution in [2.75, 3.05) is 20.9 Å². The Bertz CT molecular complexity index is 1710. The standard InChI is InChI=1S/C27H22ClN3O6S2/c28-19-10-14-23(15-11-19)39(35,36)31-18-26(37-25-9-5-4-8-24(25)31)27(32)29-20-12-16-22(17-13-20)38(33,34)30-21-6-2-1-3-7-21/h1-17,26,30H,18H2,(H,29,32). The van der Waals surface area contributed by atoms with E-state index in [0.717, 1.165) is 4.31 Å². The molecule has 39 heavy (non-hydrogen) atoms. The van der Waals surface area contributed by atoms with E-state index in [-0.39, 0.29) is 22.1 Å². The Balaban J connectivity index is 1.34. The van der Waals surface area contributed by atoms with Crippen molar-refractivity contribution in [1.29, 1.82) is 0 Å². The van der Waals surface area contributed by atoms with Crippen LogP contribution in [0.25, 0.3) is 0 Å². The third kappa shape index (κ3) is 5.70. The molecule has 0 bridgehead atoms. The second-order valence-corrected chi connectivity index (χ2v) is 12.5. The molecule has 0 aliphatic carbocycles. The van der Waals surface area contributed by atoms with Crippen LogP contribution in [-0.2, 0) is 24.8 Å². The summed E-state index contributed by atoms with van der Waals surface area (Å²) in [5, 5.41) is 3.06. The predicted molar refractivity (Wildman–Crippen MR) is 149 cm³/mol. The molecule has 2 N–H and O–H groups in total. The molecule has 0 fully saturated rings. The number of fused-ring (bicyclic) bond motifs is 1. The van der Waals surface area contributed by atoms with Crippen LogP contribution in [-0.4, -0.2) is 35.4 Å². The minimum Gasteiger partial charge on any atom is -0.476 e. The first-order valence-electron chi connectivity index (χ1n) is 11.7. The van der Waals surface area contributed by atoms with Crippen LogP contribution in [0.5, 0.6) is 5.75 Å². The zero-order valence-corrected chi connectivity index (χ0v) is 22.6. The molecule has 1 aliphatic rings. The maximum Gasteiger partial charge on any atom is 0.267 e. The molecule has 9 nitrogen and oxygen atoms in total. The summed E-state index contributed by atoms with van der Waals surface area (Å²) in [5.41, 5.74) is 1.04. The largest absolute Gasteiger partial charge is 0.476 e. The molecule has 1 amide bonds. The summed E-state index contributed by atoms with van der Waals surface area (Å²) in [6.07, 6.45) is -1.18. The Kier molecular flexibility index (Phi) is 7.21. The van der Waals surface area contributed by atoms with Gasteiger partial charge in [0.2, 0.25) is 0 Å². The van der Waals surface area contributed by atoms with Gasteiger partial charge in [0.15, 0.2) is 6.10 Å². The number of rotatable bonds is 7. The number of para-hydroxylation sites is 3. The minimum absolute atomic E-state index is 0.00688. The number of anilines is 3. The number of benzene rings is 4. The molecule has 200 valence electrons. The summed E-state index contributed by atoms with van der Waals surface area (Å²) in [4.78, 5) is 13.2. The molecule has 0 spiro atoms. The van der Waals surface area contributed by atoms with Crippen molar-refractivity contribution in [2.45, 2.75) is 15.9 Å². The predicted octanol–water partition coefficient (Wildman–Crippen LogP) is 4.74. The molecule has 1 aliphatic heterocycles. The highest BCUT2D eigenvalue weighted by Gasteiger charge is 2.37. The molecule has 0 aromatic heterocycles. The molecule has 4 aromatic carbocycles. The Hall–Kier alpha value is -4.06. The Morgan fingerprint density at radius 1 is 0.769 bits per heavy atom. The van der Waals surface area contributed by atoms with E-state index in [1.54, 1.807) is 54.6 Å². The third-order valence-electron chi connectivity index (χ3n) is 5.89. The molecule has 4 aromatic rings. The number of hydrogen-bond donors (Lipinski definition) is 2. The maximum absolute atomic E-state index is 13.5. The number of amides is 1. The lowest BCUT2D eigenvalue weighted by molar-refractivity contribution is -0.122. The number of hydrogen-bond acceptors (Lipinski definition) is 6. The molecule has 1 heterocycles. The zero-order valence-electron chi connectivity index (χ0n) is 20.2. The number of sulfonamides is 2. The SMILES string of the molecule is O=C(Nc1ccc(S(=O)(=O)Nc2ccccc2)cc1)C1CN(S(=O)(=O)c2ccc(Cl)cc2)c2ccccc2O1. The van der Waals surface area contributed by atoms with Gasteiger partial charge in [-0.2, -0.15) is 0 Å². The van der Waals surface area contributed by atoms with Gasteiger partial charge in [-0.25, -0.2) is 16.8 Å².